The lowest BCUT2D eigenvalue weighted by molar-refractivity contribution is -0.135. The summed E-state index contributed by atoms with van der Waals surface area (Å²) in [5, 5.41) is 10.4. The van der Waals surface area contributed by atoms with Crippen LogP contribution in [-0.2, 0) is 9.53 Å². The van der Waals surface area contributed by atoms with E-state index < -0.39 is 11.8 Å². The van der Waals surface area contributed by atoms with E-state index in [2.05, 4.69) is 20.4 Å². The third-order valence-corrected chi connectivity index (χ3v) is 7.03. The second-order valence-electron chi connectivity index (χ2n) is 9.15. The van der Waals surface area contributed by atoms with E-state index in [0.717, 1.165) is 42.4 Å². The van der Waals surface area contributed by atoms with Gasteiger partial charge in [0.05, 0.1) is 12.7 Å². The third-order valence-electron chi connectivity index (χ3n) is 7.03. The van der Waals surface area contributed by atoms with Crippen LogP contribution in [0.2, 0.25) is 0 Å². The van der Waals surface area contributed by atoms with Crippen molar-refractivity contribution in [2.75, 3.05) is 13.2 Å². The normalized spacial score (nSPS) is 39.2. The zero-order valence-electron chi connectivity index (χ0n) is 16.3. The molecule has 3 atom stereocenters. The summed E-state index contributed by atoms with van der Waals surface area (Å²) in [5.74, 6) is 0.685. The van der Waals surface area contributed by atoms with Gasteiger partial charge in [-0.25, -0.2) is 0 Å². The van der Waals surface area contributed by atoms with Gasteiger partial charge in [0.2, 0.25) is 0 Å². The highest BCUT2D eigenvalue weighted by Gasteiger charge is 2.61. The molecule has 1 saturated heterocycles. The molecule has 1 amide bonds. The van der Waals surface area contributed by atoms with Crippen LogP contribution in [0.5, 0.6) is 0 Å². The van der Waals surface area contributed by atoms with E-state index in [0.29, 0.717) is 31.9 Å². The summed E-state index contributed by atoms with van der Waals surface area (Å²) in [4.78, 5) is 15.1. The summed E-state index contributed by atoms with van der Waals surface area (Å²) in [5.41, 5.74) is 3.71. The highest BCUT2D eigenvalue weighted by Crippen LogP contribution is 2.58. The lowest BCUT2D eigenvalue weighted by Crippen LogP contribution is -2.49. The van der Waals surface area contributed by atoms with Crippen LogP contribution < -0.4 is 0 Å². The number of hydrogen-bond acceptors (Lipinski definition) is 3. The molecule has 0 unspecified atom stereocenters. The van der Waals surface area contributed by atoms with E-state index in [1.807, 2.05) is 17.9 Å². The van der Waals surface area contributed by atoms with Gasteiger partial charge < -0.3 is 14.7 Å². The monoisotopic (exact) mass is 357 g/mol. The number of aliphatic hydroxyl groups is 1. The number of carbonyl (C=O) groups is 1. The van der Waals surface area contributed by atoms with Crippen LogP contribution in [0.25, 0.3) is 0 Å². The second kappa shape index (κ2) is 6.07. The van der Waals surface area contributed by atoms with Crippen molar-refractivity contribution >= 4 is 5.91 Å². The van der Waals surface area contributed by atoms with Gasteiger partial charge in [-0.1, -0.05) is 37.6 Å². The summed E-state index contributed by atoms with van der Waals surface area (Å²) < 4.78 is 6.37. The van der Waals surface area contributed by atoms with Crippen LogP contribution >= 0.6 is 0 Å². The molecular weight excluding hydrogens is 326 g/mol. The van der Waals surface area contributed by atoms with E-state index in [4.69, 9.17) is 4.74 Å². The van der Waals surface area contributed by atoms with Gasteiger partial charge in [0, 0.05) is 18.5 Å². The Morgan fingerprint density at radius 1 is 1.31 bits per heavy atom. The maximum absolute atomic E-state index is 13.2. The first kappa shape index (κ1) is 18.0. The van der Waals surface area contributed by atoms with E-state index in [1.165, 1.54) is 5.57 Å². The molecule has 2 aliphatic heterocycles. The van der Waals surface area contributed by atoms with Crippen LogP contribution in [0.4, 0.5) is 0 Å². The molecule has 4 rings (SSSR count). The lowest BCUT2D eigenvalue weighted by atomic mass is 9.61. The van der Waals surface area contributed by atoms with E-state index in [-0.39, 0.29) is 11.3 Å². The fraction of sp³-hybridized carbons (Fsp3) is 0.682. The molecule has 0 radical (unpaired) electrons. The van der Waals surface area contributed by atoms with E-state index in [1.54, 1.807) is 0 Å². The molecule has 4 aliphatic rings. The minimum Gasteiger partial charge on any atom is -0.389 e. The number of aliphatic hydroxyl groups excluding tert-OH is 1. The zero-order valence-corrected chi connectivity index (χ0v) is 16.3. The average Bonchev–Trinajstić information content (AvgIpc) is 3.03. The van der Waals surface area contributed by atoms with Crippen LogP contribution in [-0.4, -0.2) is 40.9 Å². The Balaban J connectivity index is 1.86. The van der Waals surface area contributed by atoms with Crippen molar-refractivity contribution in [1.82, 2.24) is 4.90 Å². The summed E-state index contributed by atoms with van der Waals surface area (Å²) in [7, 11) is 0. The van der Waals surface area contributed by atoms with Crippen LogP contribution in [0.3, 0.4) is 0 Å². The minimum absolute atomic E-state index is 0.0687. The molecule has 142 valence electrons. The number of nitrogens with zero attached hydrogens (tertiary/aromatic N) is 1. The first-order chi connectivity index (χ1) is 12.3. The number of fused-ring (bicyclic) bond motifs is 1. The van der Waals surface area contributed by atoms with Gasteiger partial charge in [-0.3, -0.25) is 4.79 Å². The van der Waals surface area contributed by atoms with Gasteiger partial charge in [-0.2, -0.15) is 0 Å². The first-order valence-corrected chi connectivity index (χ1v) is 9.98. The fourth-order valence-electron chi connectivity index (χ4n) is 5.89. The van der Waals surface area contributed by atoms with Crippen LogP contribution in [0.1, 0.15) is 59.3 Å². The van der Waals surface area contributed by atoms with Crippen molar-refractivity contribution in [2.45, 2.75) is 71.1 Å². The third kappa shape index (κ3) is 2.53. The number of amides is 1. The quantitative estimate of drug-likeness (QED) is 0.672. The van der Waals surface area contributed by atoms with Crippen molar-refractivity contribution in [3.05, 3.63) is 34.9 Å². The maximum atomic E-state index is 13.2. The highest BCUT2D eigenvalue weighted by atomic mass is 16.5. The SMILES string of the molecule is C=C1CC[C@@H]2CCC3=C(C2(C)C)[C@]2(C/C(C)=C/[C@@H](O)C1)OCCN2C3=O. The summed E-state index contributed by atoms with van der Waals surface area (Å²) >= 11 is 0. The fourth-order valence-corrected chi connectivity index (χ4v) is 5.89. The number of carbonyl (C=O) groups excluding carboxylic acids is 1. The topological polar surface area (TPSA) is 49.8 Å². The molecule has 0 aromatic heterocycles. The van der Waals surface area contributed by atoms with Gasteiger partial charge in [-0.05, 0) is 55.9 Å². The molecule has 2 bridgehead atoms. The van der Waals surface area contributed by atoms with Gasteiger partial charge >= 0.3 is 0 Å². The maximum Gasteiger partial charge on any atom is 0.252 e. The summed E-state index contributed by atoms with van der Waals surface area (Å²) in [6, 6.07) is 0. The van der Waals surface area contributed by atoms with Crippen LogP contribution in [0, 0.1) is 11.3 Å². The van der Waals surface area contributed by atoms with Gasteiger partial charge in [0.1, 0.15) is 0 Å². The first-order valence-electron chi connectivity index (χ1n) is 9.98. The van der Waals surface area contributed by atoms with Gasteiger partial charge in [0.25, 0.3) is 5.91 Å². The van der Waals surface area contributed by atoms with Crippen molar-refractivity contribution in [3.8, 4) is 0 Å². The standard InChI is InChI=1S/C22H31NO3/c1-14-5-6-16-7-8-18-19(21(16,3)4)22(13-15(2)12-17(24)11-14)23(20(18)25)9-10-26-22/h12,16-17,24H,1,5-11,13H2,2-4H3/b15-12+/t16-,17+,22+/m1/s1. The molecule has 4 nitrogen and oxygen atoms in total. The summed E-state index contributed by atoms with van der Waals surface area (Å²) in [6.07, 6.45) is 6.60. The number of ether oxygens (including phenoxy) is 1. The van der Waals surface area contributed by atoms with Gasteiger partial charge in [0.15, 0.2) is 5.72 Å². The lowest BCUT2D eigenvalue weighted by Gasteiger charge is -2.46. The molecule has 1 spiro atoms. The van der Waals surface area contributed by atoms with E-state index >= 15 is 0 Å². The molecule has 2 aliphatic carbocycles. The highest BCUT2D eigenvalue weighted by molar-refractivity contribution is 5.99. The molecule has 0 aromatic carbocycles. The second-order valence-corrected chi connectivity index (χ2v) is 9.15. The molecule has 0 saturated carbocycles. The Morgan fingerprint density at radius 3 is 2.81 bits per heavy atom. The predicted octanol–water partition coefficient (Wildman–Crippen LogP) is 3.73. The average molecular weight is 357 g/mol. The van der Waals surface area contributed by atoms with Crippen molar-refractivity contribution in [2.24, 2.45) is 11.3 Å². The van der Waals surface area contributed by atoms with Crippen molar-refractivity contribution < 1.29 is 14.6 Å². The molecule has 0 aromatic rings. The molecule has 1 N–H and O–H groups in total. The largest absolute Gasteiger partial charge is 0.389 e. The molecular formula is C22H31NO3. The Bertz CT molecular complexity index is 717. The zero-order chi connectivity index (χ0) is 18.7. The molecule has 1 fully saturated rings. The van der Waals surface area contributed by atoms with Gasteiger partial charge in [-0.15, -0.1) is 0 Å². The summed E-state index contributed by atoms with van der Waals surface area (Å²) in [6.45, 7) is 12.1. The smallest absolute Gasteiger partial charge is 0.252 e. The van der Waals surface area contributed by atoms with Crippen LogP contribution in [0.15, 0.2) is 34.9 Å². The molecule has 4 heteroatoms. The number of rotatable bonds is 0. The Morgan fingerprint density at radius 2 is 2.04 bits per heavy atom. The predicted molar refractivity (Wildman–Crippen MR) is 101 cm³/mol. The van der Waals surface area contributed by atoms with Crippen molar-refractivity contribution in [3.63, 3.8) is 0 Å². The Labute approximate surface area is 156 Å². The molecule has 2 heterocycles. The number of hydrogen-bond donors (Lipinski definition) is 1. The van der Waals surface area contributed by atoms with E-state index in [9.17, 15) is 9.90 Å². The van der Waals surface area contributed by atoms with Crippen molar-refractivity contribution in [1.29, 1.82) is 0 Å². The minimum atomic E-state index is -0.634. The Kier molecular flexibility index (Phi) is 4.20. The Hall–Kier alpha value is -1.39. The molecule has 26 heavy (non-hydrogen) atoms.